The standard InChI is InChI=1S/C14H14N2O3S/c1-11-3-9-14(10-4-11)20(2,19)15-12-5-7-13(8-6-12)16(17)18/h3-10H,1-2H3. The Balaban J connectivity index is 2.40. The molecule has 1 unspecified atom stereocenters. The number of benzene rings is 2. The summed E-state index contributed by atoms with van der Waals surface area (Å²) >= 11 is 0. The number of hydrogen-bond donors (Lipinski definition) is 0. The van der Waals surface area contributed by atoms with Crippen LogP contribution in [0.2, 0.25) is 0 Å². The summed E-state index contributed by atoms with van der Waals surface area (Å²) in [5.41, 5.74) is 1.53. The van der Waals surface area contributed by atoms with Gasteiger partial charge in [-0.2, -0.15) is 4.36 Å². The molecular weight excluding hydrogens is 276 g/mol. The number of non-ortho nitro benzene ring substituents is 1. The van der Waals surface area contributed by atoms with Crippen LogP contribution in [-0.2, 0) is 9.73 Å². The molecule has 0 aliphatic heterocycles. The molecular formula is C14H14N2O3S. The molecule has 0 bridgehead atoms. The van der Waals surface area contributed by atoms with Crippen LogP contribution in [-0.4, -0.2) is 15.4 Å². The van der Waals surface area contributed by atoms with Crippen LogP contribution in [0.15, 0.2) is 57.8 Å². The molecule has 6 heteroatoms. The summed E-state index contributed by atoms with van der Waals surface area (Å²) < 4.78 is 16.8. The third-order valence-electron chi connectivity index (χ3n) is 2.80. The third kappa shape index (κ3) is 3.21. The Labute approximate surface area is 117 Å². The fourth-order valence-corrected chi connectivity index (χ4v) is 2.95. The Hall–Kier alpha value is -2.21. The predicted octanol–water partition coefficient (Wildman–Crippen LogP) is 3.69. The molecule has 0 spiro atoms. The summed E-state index contributed by atoms with van der Waals surface area (Å²) in [6, 6.07) is 13.0. The largest absolute Gasteiger partial charge is 0.269 e. The van der Waals surface area contributed by atoms with Gasteiger partial charge in [0.05, 0.1) is 20.3 Å². The van der Waals surface area contributed by atoms with E-state index in [0.717, 1.165) is 5.56 Å². The van der Waals surface area contributed by atoms with E-state index in [1.54, 1.807) is 18.4 Å². The number of nitro benzene ring substituents is 1. The van der Waals surface area contributed by atoms with Crippen LogP contribution in [0.5, 0.6) is 0 Å². The van der Waals surface area contributed by atoms with Gasteiger partial charge in [-0.05, 0) is 31.2 Å². The first-order chi connectivity index (χ1) is 9.38. The van der Waals surface area contributed by atoms with E-state index in [0.29, 0.717) is 10.6 Å². The van der Waals surface area contributed by atoms with E-state index < -0.39 is 14.7 Å². The van der Waals surface area contributed by atoms with Gasteiger partial charge < -0.3 is 0 Å². The number of aryl methyl sites for hydroxylation is 1. The monoisotopic (exact) mass is 290 g/mol. The second-order valence-electron chi connectivity index (χ2n) is 4.48. The highest BCUT2D eigenvalue weighted by Gasteiger charge is 2.08. The highest BCUT2D eigenvalue weighted by Crippen LogP contribution is 2.22. The van der Waals surface area contributed by atoms with E-state index in [4.69, 9.17) is 0 Å². The lowest BCUT2D eigenvalue weighted by atomic mass is 10.2. The van der Waals surface area contributed by atoms with E-state index >= 15 is 0 Å². The van der Waals surface area contributed by atoms with Gasteiger partial charge in [0.2, 0.25) is 0 Å². The van der Waals surface area contributed by atoms with Crippen molar-refractivity contribution in [2.45, 2.75) is 11.8 Å². The highest BCUT2D eigenvalue weighted by atomic mass is 32.2. The molecule has 0 N–H and O–H groups in total. The minimum absolute atomic E-state index is 0.0121. The fourth-order valence-electron chi connectivity index (χ4n) is 1.68. The average molecular weight is 290 g/mol. The maximum absolute atomic E-state index is 12.6. The van der Waals surface area contributed by atoms with Crippen molar-refractivity contribution in [1.29, 1.82) is 0 Å². The molecule has 0 aromatic heterocycles. The van der Waals surface area contributed by atoms with Crippen LogP contribution >= 0.6 is 0 Å². The van der Waals surface area contributed by atoms with Crippen molar-refractivity contribution in [3.8, 4) is 0 Å². The topological polar surface area (TPSA) is 72.6 Å². The summed E-state index contributed by atoms with van der Waals surface area (Å²) in [5.74, 6) is 0. The number of hydrogen-bond acceptors (Lipinski definition) is 4. The van der Waals surface area contributed by atoms with Crippen molar-refractivity contribution < 1.29 is 9.13 Å². The zero-order valence-electron chi connectivity index (χ0n) is 11.1. The van der Waals surface area contributed by atoms with Crippen LogP contribution in [0.25, 0.3) is 0 Å². The van der Waals surface area contributed by atoms with Crippen molar-refractivity contribution >= 4 is 21.1 Å². The molecule has 0 amide bonds. The van der Waals surface area contributed by atoms with Crippen LogP contribution in [0.1, 0.15) is 5.56 Å². The second-order valence-corrected chi connectivity index (χ2v) is 6.74. The lowest BCUT2D eigenvalue weighted by Gasteiger charge is -2.05. The lowest BCUT2D eigenvalue weighted by Crippen LogP contribution is -1.96. The van der Waals surface area contributed by atoms with Gasteiger partial charge in [-0.1, -0.05) is 17.7 Å². The predicted molar refractivity (Wildman–Crippen MR) is 78.7 cm³/mol. The third-order valence-corrected chi connectivity index (χ3v) is 4.50. The number of nitrogens with zero attached hydrogens (tertiary/aromatic N) is 2. The summed E-state index contributed by atoms with van der Waals surface area (Å²) in [5, 5.41) is 10.6. The molecule has 2 aromatic carbocycles. The molecule has 0 fully saturated rings. The van der Waals surface area contributed by atoms with Gasteiger partial charge in [-0.15, -0.1) is 0 Å². The quantitative estimate of drug-likeness (QED) is 0.639. The first-order valence-corrected chi connectivity index (χ1v) is 7.84. The van der Waals surface area contributed by atoms with Crippen molar-refractivity contribution in [2.75, 3.05) is 6.26 Å². The van der Waals surface area contributed by atoms with E-state index in [9.17, 15) is 14.3 Å². The summed E-state index contributed by atoms with van der Waals surface area (Å²) in [7, 11) is -2.56. The molecule has 0 saturated heterocycles. The van der Waals surface area contributed by atoms with E-state index in [-0.39, 0.29) is 5.69 Å². The van der Waals surface area contributed by atoms with Gasteiger partial charge in [0.25, 0.3) is 5.69 Å². The first-order valence-electron chi connectivity index (χ1n) is 5.92. The van der Waals surface area contributed by atoms with Gasteiger partial charge in [0.1, 0.15) is 0 Å². The Morgan fingerprint density at radius 1 is 1.05 bits per heavy atom. The molecule has 2 rings (SSSR count). The normalized spacial score (nSPS) is 13.5. The lowest BCUT2D eigenvalue weighted by molar-refractivity contribution is -0.384. The molecule has 104 valence electrons. The molecule has 0 radical (unpaired) electrons. The van der Waals surface area contributed by atoms with Crippen molar-refractivity contribution in [3.63, 3.8) is 0 Å². The highest BCUT2D eigenvalue weighted by molar-refractivity contribution is 7.93. The van der Waals surface area contributed by atoms with Crippen LogP contribution in [0, 0.1) is 17.0 Å². The maximum Gasteiger partial charge on any atom is 0.269 e. The van der Waals surface area contributed by atoms with Gasteiger partial charge >= 0.3 is 0 Å². The van der Waals surface area contributed by atoms with Gasteiger partial charge in [0.15, 0.2) is 0 Å². The van der Waals surface area contributed by atoms with Crippen molar-refractivity contribution in [3.05, 3.63) is 64.2 Å². The van der Waals surface area contributed by atoms with E-state index in [2.05, 4.69) is 4.36 Å². The van der Waals surface area contributed by atoms with E-state index in [1.807, 2.05) is 19.1 Å². The Bertz CT molecular complexity index is 743. The van der Waals surface area contributed by atoms with Crippen LogP contribution in [0.3, 0.4) is 0 Å². The van der Waals surface area contributed by atoms with Gasteiger partial charge in [-0.25, -0.2) is 4.21 Å². The molecule has 5 nitrogen and oxygen atoms in total. The molecule has 0 heterocycles. The summed E-state index contributed by atoms with van der Waals surface area (Å²) in [6.07, 6.45) is 1.55. The number of rotatable bonds is 3. The van der Waals surface area contributed by atoms with Crippen molar-refractivity contribution in [2.24, 2.45) is 4.36 Å². The molecule has 1 atom stereocenters. The zero-order chi connectivity index (χ0) is 14.8. The smallest absolute Gasteiger partial charge is 0.258 e. The molecule has 0 aliphatic carbocycles. The second kappa shape index (κ2) is 5.42. The summed E-state index contributed by atoms with van der Waals surface area (Å²) in [4.78, 5) is 10.7. The zero-order valence-corrected chi connectivity index (χ0v) is 12.0. The van der Waals surface area contributed by atoms with Crippen LogP contribution < -0.4 is 0 Å². The first kappa shape index (κ1) is 14.2. The summed E-state index contributed by atoms with van der Waals surface area (Å²) in [6.45, 7) is 1.95. The maximum atomic E-state index is 12.6. The van der Waals surface area contributed by atoms with Crippen molar-refractivity contribution in [1.82, 2.24) is 0 Å². The SMILES string of the molecule is Cc1ccc(S(C)(=O)=Nc2ccc([N+](=O)[O-])cc2)cc1. The van der Waals surface area contributed by atoms with Gasteiger partial charge in [0, 0.05) is 23.3 Å². The minimum atomic E-state index is -2.56. The molecule has 0 aliphatic rings. The molecule has 20 heavy (non-hydrogen) atoms. The van der Waals surface area contributed by atoms with E-state index in [1.165, 1.54) is 24.3 Å². The minimum Gasteiger partial charge on any atom is -0.258 e. The Kier molecular flexibility index (Phi) is 3.85. The Morgan fingerprint density at radius 2 is 1.60 bits per heavy atom. The molecule has 2 aromatic rings. The molecule has 0 saturated carbocycles. The number of nitro groups is 1. The van der Waals surface area contributed by atoms with Gasteiger partial charge in [-0.3, -0.25) is 10.1 Å². The fraction of sp³-hybridized carbons (Fsp3) is 0.143. The average Bonchev–Trinajstić information content (AvgIpc) is 2.39. The Morgan fingerprint density at radius 3 is 2.10 bits per heavy atom. The van der Waals surface area contributed by atoms with Crippen LogP contribution in [0.4, 0.5) is 11.4 Å².